The van der Waals surface area contributed by atoms with Crippen molar-refractivity contribution in [2.24, 2.45) is 0 Å². The lowest BCUT2D eigenvalue weighted by Gasteiger charge is -2.15. The average molecular weight is 276 g/mol. The highest BCUT2D eigenvalue weighted by Gasteiger charge is 2.32. The van der Waals surface area contributed by atoms with E-state index in [4.69, 9.17) is 19.5 Å². The van der Waals surface area contributed by atoms with E-state index in [1.165, 1.54) is 0 Å². The second-order valence-electron chi connectivity index (χ2n) is 4.80. The molecule has 0 aliphatic carbocycles. The Morgan fingerprint density at radius 2 is 1.95 bits per heavy atom. The predicted octanol–water partition coefficient (Wildman–Crippen LogP) is 1.28. The molecular weight excluding hydrogens is 256 g/mol. The van der Waals surface area contributed by atoms with E-state index in [-0.39, 0.29) is 12.2 Å². The van der Waals surface area contributed by atoms with Crippen LogP contribution in [0, 0.1) is 11.3 Å². The molecule has 0 amide bonds. The second-order valence-corrected chi connectivity index (χ2v) is 4.80. The van der Waals surface area contributed by atoms with Gasteiger partial charge in [-0.05, 0) is 18.2 Å². The molecule has 1 aromatic rings. The zero-order valence-corrected chi connectivity index (χ0v) is 11.9. The van der Waals surface area contributed by atoms with Crippen LogP contribution in [0.5, 0.6) is 5.75 Å². The molecule has 0 aromatic heterocycles. The maximum atomic E-state index is 8.83. The number of likely N-dealkylation sites (tertiary alicyclic amines) is 1. The van der Waals surface area contributed by atoms with Gasteiger partial charge in [0.25, 0.3) is 0 Å². The third-order valence-electron chi connectivity index (χ3n) is 3.54. The second kappa shape index (κ2) is 7.25. The number of rotatable bonds is 6. The van der Waals surface area contributed by atoms with Crippen LogP contribution >= 0.6 is 0 Å². The van der Waals surface area contributed by atoms with Crippen LogP contribution in [0.2, 0.25) is 0 Å². The monoisotopic (exact) mass is 276 g/mol. The molecule has 20 heavy (non-hydrogen) atoms. The first kappa shape index (κ1) is 14.8. The zero-order valence-electron chi connectivity index (χ0n) is 11.9. The molecule has 0 N–H and O–H groups in total. The fourth-order valence-electron chi connectivity index (χ4n) is 2.40. The van der Waals surface area contributed by atoms with Crippen molar-refractivity contribution in [2.75, 3.05) is 40.5 Å². The van der Waals surface area contributed by atoms with Crippen molar-refractivity contribution < 1.29 is 14.2 Å². The Labute approximate surface area is 119 Å². The van der Waals surface area contributed by atoms with Gasteiger partial charge in [0.2, 0.25) is 0 Å². The Balaban J connectivity index is 1.78. The molecule has 1 aliphatic heterocycles. The number of nitrogens with zero attached hydrogens (tertiary/aromatic N) is 2. The summed E-state index contributed by atoms with van der Waals surface area (Å²) in [5, 5.41) is 8.83. The molecule has 1 aliphatic rings. The fourth-order valence-corrected chi connectivity index (χ4v) is 2.40. The van der Waals surface area contributed by atoms with Gasteiger partial charge in [-0.1, -0.05) is 6.07 Å². The van der Waals surface area contributed by atoms with Crippen molar-refractivity contribution in [2.45, 2.75) is 12.2 Å². The highest BCUT2D eigenvalue weighted by molar-refractivity contribution is 5.36. The number of nitriles is 1. The Bertz CT molecular complexity index is 460. The Morgan fingerprint density at radius 1 is 1.25 bits per heavy atom. The van der Waals surface area contributed by atoms with Gasteiger partial charge in [-0.2, -0.15) is 5.26 Å². The normalized spacial score (nSPS) is 22.6. The van der Waals surface area contributed by atoms with Crippen LogP contribution in [0.25, 0.3) is 0 Å². The minimum atomic E-state index is 0.127. The smallest absolute Gasteiger partial charge is 0.120 e. The number of benzene rings is 1. The first-order chi connectivity index (χ1) is 9.76. The van der Waals surface area contributed by atoms with E-state index in [0.717, 1.165) is 25.4 Å². The summed E-state index contributed by atoms with van der Waals surface area (Å²) in [6, 6.07) is 9.30. The van der Waals surface area contributed by atoms with Crippen molar-refractivity contribution in [3.8, 4) is 11.8 Å². The maximum absolute atomic E-state index is 8.83. The van der Waals surface area contributed by atoms with Crippen LogP contribution in [-0.4, -0.2) is 57.6 Å². The molecule has 1 heterocycles. The van der Waals surface area contributed by atoms with Gasteiger partial charge in [-0.3, -0.25) is 4.90 Å². The summed E-state index contributed by atoms with van der Waals surface area (Å²) in [5.74, 6) is 0.731. The lowest BCUT2D eigenvalue weighted by Crippen LogP contribution is -2.27. The van der Waals surface area contributed by atoms with E-state index >= 15 is 0 Å². The van der Waals surface area contributed by atoms with Crippen molar-refractivity contribution in [1.29, 1.82) is 5.26 Å². The van der Waals surface area contributed by atoms with Gasteiger partial charge >= 0.3 is 0 Å². The maximum Gasteiger partial charge on any atom is 0.120 e. The highest BCUT2D eigenvalue weighted by atomic mass is 16.5. The van der Waals surface area contributed by atoms with Gasteiger partial charge in [-0.15, -0.1) is 0 Å². The summed E-state index contributed by atoms with van der Waals surface area (Å²) in [6.07, 6.45) is 0.254. The van der Waals surface area contributed by atoms with Crippen LogP contribution in [0.1, 0.15) is 5.56 Å². The minimum Gasteiger partial charge on any atom is -0.492 e. The minimum absolute atomic E-state index is 0.127. The molecule has 0 unspecified atom stereocenters. The number of ether oxygens (including phenoxy) is 3. The summed E-state index contributed by atoms with van der Waals surface area (Å²) in [4.78, 5) is 2.26. The molecule has 0 saturated carbocycles. The predicted molar refractivity (Wildman–Crippen MR) is 74.7 cm³/mol. The van der Waals surface area contributed by atoms with Crippen LogP contribution in [0.4, 0.5) is 0 Å². The SMILES string of the molecule is CO[C@H]1CN(CCOc2cccc(C#N)c2)C[C@H]1OC. The number of hydrogen-bond acceptors (Lipinski definition) is 5. The van der Waals surface area contributed by atoms with Gasteiger partial charge in [0.15, 0.2) is 0 Å². The first-order valence-electron chi connectivity index (χ1n) is 6.67. The molecule has 0 radical (unpaired) electrons. The number of methoxy groups -OCH3 is 2. The van der Waals surface area contributed by atoms with E-state index in [1.54, 1.807) is 26.4 Å². The number of hydrogen-bond donors (Lipinski definition) is 0. The third-order valence-corrected chi connectivity index (χ3v) is 3.54. The molecule has 2 atom stereocenters. The van der Waals surface area contributed by atoms with Crippen LogP contribution in [0.3, 0.4) is 0 Å². The third kappa shape index (κ3) is 3.70. The van der Waals surface area contributed by atoms with Gasteiger partial charge in [0, 0.05) is 33.9 Å². The Kier molecular flexibility index (Phi) is 5.36. The van der Waals surface area contributed by atoms with Crippen molar-refractivity contribution in [3.05, 3.63) is 29.8 Å². The van der Waals surface area contributed by atoms with E-state index in [0.29, 0.717) is 12.2 Å². The molecular formula is C15H20N2O3. The molecule has 0 spiro atoms. The van der Waals surface area contributed by atoms with E-state index < -0.39 is 0 Å². The summed E-state index contributed by atoms with van der Waals surface area (Å²) >= 11 is 0. The molecule has 5 nitrogen and oxygen atoms in total. The molecule has 5 heteroatoms. The van der Waals surface area contributed by atoms with Crippen LogP contribution in [0.15, 0.2) is 24.3 Å². The Hall–Kier alpha value is -1.61. The van der Waals surface area contributed by atoms with Gasteiger partial charge in [-0.25, -0.2) is 0 Å². The highest BCUT2D eigenvalue weighted by Crippen LogP contribution is 2.16. The largest absolute Gasteiger partial charge is 0.492 e. The van der Waals surface area contributed by atoms with Crippen molar-refractivity contribution >= 4 is 0 Å². The molecule has 1 fully saturated rings. The summed E-state index contributed by atoms with van der Waals surface area (Å²) in [6.45, 7) is 3.12. The van der Waals surface area contributed by atoms with Gasteiger partial charge in [0.05, 0.1) is 23.8 Å². The van der Waals surface area contributed by atoms with E-state index in [2.05, 4.69) is 11.0 Å². The standard InChI is InChI=1S/C15H20N2O3/c1-18-14-10-17(11-15(14)19-2)6-7-20-13-5-3-4-12(8-13)9-16/h3-5,8,14-15H,6-7,10-11H2,1-2H3/t14-,15+. The van der Waals surface area contributed by atoms with E-state index in [9.17, 15) is 0 Å². The molecule has 2 rings (SSSR count). The van der Waals surface area contributed by atoms with Crippen molar-refractivity contribution in [1.82, 2.24) is 4.90 Å². The summed E-state index contributed by atoms with van der Waals surface area (Å²) < 4.78 is 16.5. The molecule has 1 saturated heterocycles. The zero-order chi connectivity index (χ0) is 14.4. The van der Waals surface area contributed by atoms with Crippen molar-refractivity contribution in [3.63, 3.8) is 0 Å². The van der Waals surface area contributed by atoms with Crippen LogP contribution in [-0.2, 0) is 9.47 Å². The van der Waals surface area contributed by atoms with Gasteiger partial charge in [0.1, 0.15) is 12.4 Å². The fraction of sp³-hybridized carbons (Fsp3) is 0.533. The molecule has 108 valence electrons. The van der Waals surface area contributed by atoms with Gasteiger partial charge < -0.3 is 14.2 Å². The lowest BCUT2D eigenvalue weighted by atomic mass is 10.2. The summed E-state index contributed by atoms with van der Waals surface area (Å²) in [7, 11) is 3.42. The van der Waals surface area contributed by atoms with E-state index in [1.807, 2.05) is 12.1 Å². The van der Waals surface area contributed by atoms with Crippen LogP contribution < -0.4 is 4.74 Å². The topological polar surface area (TPSA) is 54.7 Å². The molecule has 0 bridgehead atoms. The first-order valence-corrected chi connectivity index (χ1v) is 6.67. The molecule has 1 aromatic carbocycles. The average Bonchev–Trinajstić information content (AvgIpc) is 2.90. The summed E-state index contributed by atoms with van der Waals surface area (Å²) in [5.41, 5.74) is 0.613. The quantitative estimate of drug-likeness (QED) is 0.783. The Morgan fingerprint density at radius 3 is 2.55 bits per heavy atom. The lowest BCUT2D eigenvalue weighted by molar-refractivity contribution is -0.00461.